The number of nitrogens with two attached hydrogens (primary N) is 1. The lowest BCUT2D eigenvalue weighted by atomic mass is 10.1. The van der Waals surface area contributed by atoms with Crippen molar-refractivity contribution in [3.05, 3.63) is 47.2 Å². The van der Waals surface area contributed by atoms with E-state index >= 15 is 0 Å². The standard InChI is InChI=1S/C20H21N3O8/c1-10-2-4-12-17(18(10)31-16(27)9-30-8-15(25)26)22-19(28)13-6-11(3-5-14(21)24)7-23(13)20(12)29/h2-5,7,13,19,22,28H,6,8-9H2,1H3,(H2,21,24)(H,25,26). The first-order chi connectivity index (χ1) is 14.7. The lowest BCUT2D eigenvalue weighted by Gasteiger charge is -2.25. The summed E-state index contributed by atoms with van der Waals surface area (Å²) in [5.74, 6) is -3.12. The van der Waals surface area contributed by atoms with Crippen LogP contribution in [0.25, 0.3) is 0 Å². The van der Waals surface area contributed by atoms with Gasteiger partial charge in [-0.1, -0.05) is 12.1 Å². The van der Waals surface area contributed by atoms with Gasteiger partial charge in [0.15, 0.2) is 5.75 Å². The van der Waals surface area contributed by atoms with Gasteiger partial charge in [0.2, 0.25) is 5.91 Å². The van der Waals surface area contributed by atoms with Gasteiger partial charge < -0.3 is 35.6 Å². The number of nitrogens with zero attached hydrogens (tertiary/aromatic N) is 1. The summed E-state index contributed by atoms with van der Waals surface area (Å²) >= 11 is 0. The molecule has 31 heavy (non-hydrogen) atoms. The Kier molecular flexibility index (Phi) is 6.37. The number of rotatable bonds is 7. The highest BCUT2D eigenvalue weighted by molar-refractivity contribution is 6.03. The number of anilines is 1. The van der Waals surface area contributed by atoms with Gasteiger partial charge in [-0.25, -0.2) is 9.59 Å². The number of esters is 1. The fraction of sp³-hybridized carbons (Fsp3) is 0.300. The lowest BCUT2D eigenvalue weighted by Crippen LogP contribution is -2.42. The Morgan fingerprint density at radius 3 is 2.74 bits per heavy atom. The zero-order valence-electron chi connectivity index (χ0n) is 16.5. The molecule has 11 nitrogen and oxygen atoms in total. The highest BCUT2D eigenvalue weighted by atomic mass is 16.6. The average molecular weight is 431 g/mol. The van der Waals surface area contributed by atoms with Gasteiger partial charge in [0.05, 0.1) is 17.3 Å². The van der Waals surface area contributed by atoms with Crippen molar-refractivity contribution in [1.82, 2.24) is 4.90 Å². The van der Waals surface area contributed by atoms with Gasteiger partial charge in [-0.15, -0.1) is 0 Å². The fourth-order valence-electron chi connectivity index (χ4n) is 3.33. The van der Waals surface area contributed by atoms with E-state index in [9.17, 15) is 24.3 Å². The first-order valence-corrected chi connectivity index (χ1v) is 9.26. The van der Waals surface area contributed by atoms with Crippen molar-refractivity contribution < 1.29 is 38.9 Å². The monoisotopic (exact) mass is 431 g/mol. The van der Waals surface area contributed by atoms with E-state index in [2.05, 4.69) is 5.32 Å². The topological polar surface area (TPSA) is 168 Å². The number of allylic oxidation sites excluding steroid dienone is 1. The molecule has 2 heterocycles. The maximum atomic E-state index is 13.1. The second kappa shape index (κ2) is 8.98. The number of aryl methyl sites for hydroxylation is 1. The molecule has 11 heteroatoms. The largest absolute Gasteiger partial charge is 0.480 e. The number of aliphatic hydroxyl groups is 1. The molecule has 0 aromatic heterocycles. The molecule has 5 N–H and O–H groups in total. The summed E-state index contributed by atoms with van der Waals surface area (Å²) in [6.45, 7) is 0.392. The third kappa shape index (κ3) is 4.90. The zero-order valence-corrected chi connectivity index (χ0v) is 16.5. The van der Waals surface area contributed by atoms with Gasteiger partial charge in [0, 0.05) is 12.3 Å². The molecular weight excluding hydrogens is 410 g/mol. The van der Waals surface area contributed by atoms with Crippen LogP contribution in [-0.2, 0) is 19.1 Å². The van der Waals surface area contributed by atoms with Crippen LogP contribution in [0.3, 0.4) is 0 Å². The number of primary amides is 1. The van der Waals surface area contributed by atoms with Crippen LogP contribution in [-0.4, -0.2) is 64.3 Å². The fourth-order valence-corrected chi connectivity index (χ4v) is 3.33. The number of ether oxygens (including phenoxy) is 2. The number of nitrogens with one attached hydrogen (secondary N) is 1. The molecule has 2 aliphatic rings. The van der Waals surface area contributed by atoms with Gasteiger partial charge >= 0.3 is 11.9 Å². The van der Waals surface area contributed by atoms with E-state index in [1.165, 1.54) is 23.3 Å². The van der Waals surface area contributed by atoms with Crippen molar-refractivity contribution in [1.29, 1.82) is 0 Å². The van der Waals surface area contributed by atoms with Crippen LogP contribution in [0, 0.1) is 6.92 Å². The Morgan fingerprint density at radius 1 is 1.32 bits per heavy atom. The first-order valence-electron chi connectivity index (χ1n) is 9.26. The molecule has 3 rings (SSSR count). The molecule has 1 aromatic carbocycles. The normalized spacial score (nSPS) is 19.9. The van der Waals surface area contributed by atoms with Gasteiger partial charge in [-0.2, -0.15) is 0 Å². The van der Waals surface area contributed by atoms with Crippen molar-refractivity contribution in [2.75, 3.05) is 18.5 Å². The van der Waals surface area contributed by atoms with Gasteiger partial charge in [-0.3, -0.25) is 9.59 Å². The van der Waals surface area contributed by atoms with Crippen molar-refractivity contribution in [3.8, 4) is 5.75 Å². The highest BCUT2D eigenvalue weighted by Gasteiger charge is 2.39. The Bertz CT molecular complexity index is 1000. The summed E-state index contributed by atoms with van der Waals surface area (Å²) in [7, 11) is 0. The predicted molar refractivity (Wildman–Crippen MR) is 106 cm³/mol. The summed E-state index contributed by atoms with van der Waals surface area (Å²) in [6, 6.07) is 2.47. The number of carboxylic acid groups (broad SMARTS) is 1. The van der Waals surface area contributed by atoms with E-state index in [-0.39, 0.29) is 23.4 Å². The Hall–Kier alpha value is -3.70. The van der Waals surface area contributed by atoms with Crippen LogP contribution >= 0.6 is 0 Å². The minimum absolute atomic E-state index is 0.0350. The third-order valence-corrected chi connectivity index (χ3v) is 4.71. The third-order valence-electron chi connectivity index (χ3n) is 4.71. The minimum Gasteiger partial charge on any atom is -0.480 e. The molecule has 0 fully saturated rings. The van der Waals surface area contributed by atoms with Crippen molar-refractivity contribution in [2.24, 2.45) is 5.73 Å². The molecule has 0 bridgehead atoms. The second-order valence-electron chi connectivity index (χ2n) is 7.01. The molecule has 2 unspecified atom stereocenters. The van der Waals surface area contributed by atoms with E-state index in [0.29, 0.717) is 11.1 Å². The zero-order chi connectivity index (χ0) is 22.7. The summed E-state index contributed by atoms with van der Waals surface area (Å²) in [4.78, 5) is 48.0. The molecular formula is C20H21N3O8. The SMILES string of the molecule is Cc1ccc2c(c1OC(=O)COCC(=O)O)NC(O)C1CC(C=CC(N)=O)=CN1C2=O. The van der Waals surface area contributed by atoms with Crippen molar-refractivity contribution in [2.45, 2.75) is 25.6 Å². The number of amides is 2. The van der Waals surface area contributed by atoms with Gasteiger partial charge in [0.25, 0.3) is 5.91 Å². The van der Waals surface area contributed by atoms with E-state index in [4.69, 9.17) is 20.3 Å². The van der Waals surface area contributed by atoms with Crippen LogP contribution in [0.4, 0.5) is 5.69 Å². The molecule has 2 amide bonds. The van der Waals surface area contributed by atoms with E-state index in [0.717, 1.165) is 0 Å². The number of carbonyl (C=O) groups is 4. The van der Waals surface area contributed by atoms with Crippen LogP contribution in [0.5, 0.6) is 5.75 Å². The molecule has 0 spiro atoms. The molecule has 0 aliphatic carbocycles. The van der Waals surface area contributed by atoms with Crippen LogP contribution in [0.2, 0.25) is 0 Å². The molecule has 2 aliphatic heterocycles. The minimum atomic E-state index is -1.23. The summed E-state index contributed by atoms with van der Waals surface area (Å²) in [6.07, 6.45) is 3.25. The number of aliphatic hydroxyl groups excluding tert-OH is 1. The Morgan fingerprint density at radius 2 is 2.06 bits per heavy atom. The summed E-state index contributed by atoms with van der Waals surface area (Å²) < 4.78 is 10.0. The average Bonchev–Trinajstić information content (AvgIpc) is 3.09. The first kappa shape index (κ1) is 22.0. The number of carboxylic acids is 1. The highest BCUT2D eigenvalue weighted by Crippen LogP contribution is 2.39. The number of hydrogen-bond donors (Lipinski definition) is 4. The van der Waals surface area contributed by atoms with Crippen LogP contribution in [0.1, 0.15) is 22.3 Å². The van der Waals surface area contributed by atoms with Crippen molar-refractivity contribution in [3.63, 3.8) is 0 Å². The van der Waals surface area contributed by atoms with Crippen molar-refractivity contribution >= 4 is 29.4 Å². The smallest absolute Gasteiger partial charge is 0.337 e. The maximum absolute atomic E-state index is 13.1. The van der Waals surface area contributed by atoms with Gasteiger partial charge in [-0.05, 0) is 30.5 Å². The molecule has 0 radical (unpaired) electrons. The van der Waals surface area contributed by atoms with E-state index in [1.807, 2.05) is 0 Å². The summed E-state index contributed by atoms with van der Waals surface area (Å²) in [5.41, 5.74) is 6.55. The van der Waals surface area contributed by atoms with Crippen LogP contribution < -0.4 is 15.8 Å². The molecule has 0 saturated carbocycles. The molecule has 2 atom stereocenters. The van der Waals surface area contributed by atoms with E-state index in [1.54, 1.807) is 19.1 Å². The van der Waals surface area contributed by atoms with E-state index < -0.39 is 49.2 Å². The quantitative estimate of drug-likeness (QED) is 0.261. The van der Waals surface area contributed by atoms with Crippen LogP contribution in [0.15, 0.2) is 36.1 Å². The molecule has 164 valence electrons. The number of carbonyl (C=O) groups excluding carboxylic acids is 3. The number of hydrogen-bond acceptors (Lipinski definition) is 8. The molecule has 0 saturated heterocycles. The van der Waals surface area contributed by atoms with Gasteiger partial charge in [0.1, 0.15) is 19.4 Å². The second-order valence-corrected chi connectivity index (χ2v) is 7.01. The number of benzene rings is 1. The predicted octanol–water partition coefficient (Wildman–Crippen LogP) is -0.115. The number of fused-ring (bicyclic) bond motifs is 2. The maximum Gasteiger partial charge on any atom is 0.337 e. The Balaban J connectivity index is 1.88. The lowest BCUT2D eigenvalue weighted by molar-refractivity contribution is -0.147. The summed E-state index contributed by atoms with van der Waals surface area (Å²) in [5, 5.41) is 22.1. The Labute approximate surface area is 176 Å². The molecule has 1 aromatic rings. The number of aliphatic carboxylic acids is 1.